The second-order valence-corrected chi connectivity index (χ2v) is 9.49. The number of rotatable bonds is 5. The molecule has 0 bridgehead atoms. The van der Waals surface area contributed by atoms with Gasteiger partial charge in [0.05, 0.1) is 17.1 Å². The third kappa shape index (κ3) is 4.36. The van der Waals surface area contributed by atoms with Crippen LogP contribution in [0.4, 0.5) is 0 Å². The quantitative estimate of drug-likeness (QED) is 0.601. The van der Waals surface area contributed by atoms with Crippen molar-refractivity contribution >= 4 is 22.8 Å². The van der Waals surface area contributed by atoms with Crippen molar-refractivity contribution in [2.24, 2.45) is 0 Å². The van der Waals surface area contributed by atoms with Crippen LogP contribution < -0.4 is 10.7 Å². The third-order valence-corrected chi connectivity index (χ3v) is 7.08. The number of carbonyl (C=O) groups is 2. The molecule has 1 saturated heterocycles. The Bertz CT molecular complexity index is 1230. The van der Waals surface area contributed by atoms with E-state index in [-0.39, 0.29) is 23.1 Å². The number of amides is 2. The Morgan fingerprint density at radius 2 is 1.74 bits per heavy atom. The summed E-state index contributed by atoms with van der Waals surface area (Å²) in [6, 6.07) is 7.43. The van der Waals surface area contributed by atoms with E-state index in [4.69, 9.17) is 0 Å². The van der Waals surface area contributed by atoms with Crippen LogP contribution in [0.5, 0.6) is 0 Å². The summed E-state index contributed by atoms with van der Waals surface area (Å²) in [6.45, 7) is 3.14. The van der Waals surface area contributed by atoms with Crippen LogP contribution in [0.2, 0.25) is 0 Å². The Labute approximate surface area is 198 Å². The first-order valence-corrected chi connectivity index (χ1v) is 12.3. The Morgan fingerprint density at radius 1 is 1.03 bits per heavy atom. The largest absolute Gasteiger partial charge is 0.349 e. The molecule has 2 aromatic heterocycles. The highest BCUT2D eigenvalue weighted by atomic mass is 16.2. The number of hydrogen-bond donors (Lipinski definition) is 2. The lowest BCUT2D eigenvalue weighted by molar-refractivity contribution is 0.0722. The van der Waals surface area contributed by atoms with E-state index in [1.165, 1.54) is 0 Å². The summed E-state index contributed by atoms with van der Waals surface area (Å²) >= 11 is 0. The first kappa shape index (κ1) is 22.4. The smallest absolute Gasteiger partial charge is 0.259 e. The van der Waals surface area contributed by atoms with Gasteiger partial charge in [0.15, 0.2) is 0 Å². The fourth-order valence-electron chi connectivity index (χ4n) is 5.11. The van der Waals surface area contributed by atoms with E-state index in [1.807, 2.05) is 35.8 Å². The van der Waals surface area contributed by atoms with Gasteiger partial charge in [0.2, 0.25) is 5.43 Å². The third-order valence-electron chi connectivity index (χ3n) is 7.08. The lowest BCUT2D eigenvalue weighted by Gasteiger charge is -2.27. The maximum atomic E-state index is 13.4. The van der Waals surface area contributed by atoms with Crippen molar-refractivity contribution in [2.45, 2.75) is 64.0 Å². The van der Waals surface area contributed by atoms with Crippen LogP contribution in [0, 0.1) is 0 Å². The standard InChI is InChI=1S/C26H31N5O3/c1-17(24-28-21-11-5-6-12-22(21)29-24)27-25(33)19-15-31(18-9-3-4-10-18)16-20(23(19)32)26(34)30-13-7-2-8-14-30/h5-6,11-12,15-18H,2-4,7-10,13-14H2,1H3,(H,27,33)(H,28,29)/t17-/m1/s1. The van der Waals surface area contributed by atoms with Gasteiger partial charge in [0.1, 0.15) is 17.0 Å². The minimum atomic E-state index is -0.501. The maximum absolute atomic E-state index is 13.4. The minimum Gasteiger partial charge on any atom is -0.349 e. The molecule has 2 amide bonds. The topological polar surface area (TPSA) is 100 Å². The number of para-hydroxylation sites is 2. The van der Waals surface area contributed by atoms with Crippen molar-refractivity contribution in [3.63, 3.8) is 0 Å². The second kappa shape index (κ2) is 9.44. The molecular weight excluding hydrogens is 430 g/mol. The van der Waals surface area contributed by atoms with Gasteiger partial charge >= 0.3 is 0 Å². The van der Waals surface area contributed by atoms with E-state index < -0.39 is 17.4 Å². The zero-order chi connectivity index (χ0) is 23.7. The molecule has 8 nitrogen and oxygen atoms in total. The molecule has 2 fully saturated rings. The lowest BCUT2D eigenvalue weighted by atomic mass is 10.1. The summed E-state index contributed by atoms with van der Waals surface area (Å²) in [6.07, 6.45) is 10.5. The van der Waals surface area contributed by atoms with Crippen LogP contribution in [0.3, 0.4) is 0 Å². The van der Waals surface area contributed by atoms with Gasteiger partial charge in [-0.05, 0) is 51.2 Å². The molecule has 0 unspecified atom stereocenters. The van der Waals surface area contributed by atoms with Crippen LogP contribution in [0.15, 0.2) is 41.5 Å². The summed E-state index contributed by atoms with van der Waals surface area (Å²) in [5.74, 6) is -0.138. The van der Waals surface area contributed by atoms with Gasteiger partial charge in [-0.25, -0.2) is 4.98 Å². The number of piperidine rings is 1. The van der Waals surface area contributed by atoms with Crippen LogP contribution in [-0.4, -0.2) is 44.3 Å². The number of fused-ring (bicyclic) bond motifs is 1. The number of pyridine rings is 1. The molecule has 34 heavy (non-hydrogen) atoms. The number of benzene rings is 1. The second-order valence-electron chi connectivity index (χ2n) is 9.49. The number of nitrogens with zero attached hydrogens (tertiary/aromatic N) is 3. The highest BCUT2D eigenvalue weighted by Crippen LogP contribution is 2.29. The first-order chi connectivity index (χ1) is 16.5. The van der Waals surface area contributed by atoms with Crippen molar-refractivity contribution in [1.29, 1.82) is 0 Å². The molecule has 1 atom stereocenters. The van der Waals surface area contributed by atoms with E-state index in [0.29, 0.717) is 18.9 Å². The molecule has 2 N–H and O–H groups in total. The molecule has 8 heteroatoms. The molecule has 3 heterocycles. The molecule has 1 saturated carbocycles. The monoisotopic (exact) mass is 461 g/mol. The highest BCUT2D eigenvalue weighted by molar-refractivity contribution is 5.99. The molecule has 5 rings (SSSR count). The predicted molar refractivity (Wildman–Crippen MR) is 130 cm³/mol. The molecular formula is C26H31N5O3. The summed E-state index contributed by atoms with van der Waals surface area (Å²) in [5, 5.41) is 2.91. The summed E-state index contributed by atoms with van der Waals surface area (Å²) in [4.78, 5) is 49.5. The number of H-pyrrole nitrogens is 1. The normalized spacial score (nSPS) is 17.7. The molecule has 1 aliphatic heterocycles. The van der Waals surface area contributed by atoms with Gasteiger partial charge < -0.3 is 19.8 Å². The summed E-state index contributed by atoms with van der Waals surface area (Å²) in [5.41, 5.74) is 1.31. The maximum Gasteiger partial charge on any atom is 0.259 e. The Hall–Kier alpha value is -3.42. The number of aromatic nitrogens is 3. The number of nitrogens with one attached hydrogen (secondary N) is 2. The zero-order valence-electron chi connectivity index (χ0n) is 19.5. The molecule has 2 aliphatic rings. The molecule has 0 radical (unpaired) electrons. The Morgan fingerprint density at radius 3 is 2.47 bits per heavy atom. The molecule has 1 aromatic carbocycles. The SMILES string of the molecule is C[C@@H](NC(=O)c1cn(C2CCCC2)cc(C(=O)N2CCCCC2)c1=O)c1nc2ccccc2[nH]1. The van der Waals surface area contributed by atoms with E-state index in [0.717, 1.165) is 56.0 Å². The van der Waals surface area contributed by atoms with Crippen molar-refractivity contribution in [2.75, 3.05) is 13.1 Å². The number of aromatic amines is 1. The van der Waals surface area contributed by atoms with Gasteiger partial charge in [-0.3, -0.25) is 14.4 Å². The van der Waals surface area contributed by atoms with Crippen molar-refractivity contribution in [3.05, 3.63) is 63.8 Å². The van der Waals surface area contributed by atoms with Crippen molar-refractivity contribution < 1.29 is 9.59 Å². The number of likely N-dealkylation sites (tertiary alicyclic amines) is 1. The average Bonchev–Trinajstić information content (AvgIpc) is 3.54. The Kier molecular flexibility index (Phi) is 6.22. The molecule has 1 aliphatic carbocycles. The zero-order valence-corrected chi connectivity index (χ0v) is 19.5. The Balaban J connectivity index is 1.46. The fourth-order valence-corrected chi connectivity index (χ4v) is 5.11. The van der Waals surface area contributed by atoms with Crippen molar-refractivity contribution in [1.82, 2.24) is 24.8 Å². The van der Waals surface area contributed by atoms with Crippen LogP contribution in [0.1, 0.15) is 90.5 Å². The van der Waals surface area contributed by atoms with Crippen molar-refractivity contribution in [3.8, 4) is 0 Å². The number of imidazole rings is 1. The van der Waals surface area contributed by atoms with Gasteiger partial charge in [-0.15, -0.1) is 0 Å². The fraction of sp³-hybridized carbons (Fsp3) is 0.462. The molecule has 178 valence electrons. The molecule has 3 aromatic rings. The van der Waals surface area contributed by atoms with Crippen LogP contribution >= 0.6 is 0 Å². The summed E-state index contributed by atoms with van der Waals surface area (Å²) < 4.78 is 1.92. The van der Waals surface area contributed by atoms with Crippen LogP contribution in [0.25, 0.3) is 11.0 Å². The minimum absolute atomic E-state index is 0.0118. The summed E-state index contributed by atoms with van der Waals surface area (Å²) in [7, 11) is 0. The average molecular weight is 462 g/mol. The van der Waals surface area contributed by atoms with Gasteiger partial charge in [0.25, 0.3) is 11.8 Å². The van der Waals surface area contributed by atoms with Gasteiger partial charge in [0, 0.05) is 31.5 Å². The number of carbonyl (C=O) groups excluding carboxylic acids is 2. The predicted octanol–water partition coefficient (Wildman–Crippen LogP) is 3.96. The highest BCUT2D eigenvalue weighted by Gasteiger charge is 2.27. The first-order valence-electron chi connectivity index (χ1n) is 12.3. The lowest BCUT2D eigenvalue weighted by Crippen LogP contribution is -2.40. The van der Waals surface area contributed by atoms with E-state index >= 15 is 0 Å². The van der Waals surface area contributed by atoms with Gasteiger partial charge in [-0.1, -0.05) is 25.0 Å². The van der Waals surface area contributed by atoms with Crippen LogP contribution in [-0.2, 0) is 0 Å². The van der Waals surface area contributed by atoms with E-state index in [2.05, 4.69) is 15.3 Å². The van der Waals surface area contributed by atoms with E-state index in [9.17, 15) is 14.4 Å². The number of hydrogen-bond acceptors (Lipinski definition) is 4. The molecule has 0 spiro atoms. The van der Waals surface area contributed by atoms with E-state index in [1.54, 1.807) is 17.3 Å². The van der Waals surface area contributed by atoms with Gasteiger partial charge in [-0.2, -0.15) is 0 Å².